The van der Waals surface area contributed by atoms with E-state index in [0.29, 0.717) is 6.04 Å². The summed E-state index contributed by atoms with van der Waals surface area (Å²) in [4.78, 5) is 0. The summed E-state index contributed by atoms with van der Waals surface area (Å²) in [5.74, 6) is 1.06. The fourth-order valence-electron chi connectivity index (χ4n) is 2.19. The van der Waals surface area contributed by atoms with Crippen LogP contribution in [-0.2, 0) is 6.42 Å². The Balaban J connectivity index is 2.50. The van der Waals surface area contributed by atoms with Crippen molar-refractivity contribution in [3.8, 4) is 5.75 Å². The molecule has 0 heterocycles. The SMILES string of the molecule is CCCNC(CC)CCc1ccccc1OCCC. The van der Waals surface area contributed by atoms with Crippen LogP contribution in [0.1, 0.15) is 52.0 Å². The summed E-state index contributed by atoms with van der Waals surface area (Å²) in [5, 5.41) is 3.61. The molecule has 1 unspecified atom stereocenters. The van der Waals surface area contributed by atoms with Crippen LogP contribution in [0.5, 0.6) is 5.75 Å². The zero-order chi connectivity index (χ0) is 13.9. The molecule has 0 aliphatic rings. The van der Waals surface area contributed by atoms with Crippen molar-refractivity contribution >= 4 is 0 Å². The molecule has 0 bridgehead atoms. The fraction of sp³-hybridized carbons (Fsp3) is 0.647. The van der Waals surface area contributed by atoms with E-state index in [9.17, 15) is 0 Å². The van der Waals surface area contributed by atoms with Crippen molar-refractivity contribution in [3.05, 3.63) is 29.8 Å². The minimum Gasteiger partial charge on any atom is -0.493 e. The van der Waals surface area contributed by atoms with Gasteiger partial charge in [-0.05, 0) is 50.3 Å². The lowest BCUT2D eigenvalue weighted by Gasteiger charge is -2.17. The number of nitrogens with one attached hydrogen (secondary N) is 1. The summed E-state index contributed by atoms with van der Waals surface area (Å²) in [5.41, 5.74) is 1.34. The molecule has 108 valence electrons. The Morgan fingerprint density at radius 1 is 1.11 bits per heavy atom. The van der Waals surface area contributed by atoms with Gasteiger partial charge in [-0.1, -0.05) is 39.0 Å². The van der Waals surface area contributed by atoms with Gasteiger partial charge in [0.25, 0.3) is 0 Å². The molecular formula is C17H29NO. The predicted molar refractivity (Wildman–Crippen MR) is 82.9 cm³/mol. The average Bonchev–Trinajstić information content (AvgIpc) is 2.46. The summed E-state index contributed by atoms with van der Waals surface area (Å²) in [6.45, 7) is 8.54. The maximum Gasteiger partial charge on any atom is 0.122 e. The van der Waals surface area contributed by atoms with E-state index in [4.69, 9.17) is 4.74 Å². The Hall–Kier alpha value is -1.02. The quantitative estimate of drug-likeness (QED) is 0.683. The first kappa shape index (κ1) is 16.0. The lowest BCUT2D eigenvalue weighted by Crippen LogP contribution is -2.29. The van der Waals surface area contributed by atoms with Crippen LogP contribution in [0.4, 0.5) is 0 Å². The van der Waals surface area contributed by atoms with E-state index in [1.54, 1.807) is 0 Å². The lowest BCUT2D eigenvalue weighted by atomic mass is 10.0. The van der Waals surface area contributed by atoms with E-state index in [2.05, 4.69) is 50.4 Å². The van der Waals surface area contributed by atoms with Crippen molar-refractivity contribution < 1.29 is 4.74 Å². The maximum absolute atomic E-state index is 5.81. The molecule has 0 saturated carbocycles. The van der Waals surface area contributed by atoms with Gasteiger partial charge in [0.1, 0.15) is 5.75 Å². The molecule has 0 amide bonds. The fourth-order valence-corrected chi connectivity index (χ4v) is 2.19. The Morgan fingerprint density at radius 2 is 1.89 bits per heavy atom. The van der Waals surface area contributed by atoms with Gasteiger partial charge in [0.15, 0.2) is 0 Å². The number of aryl methyl sites for hydroxylation is 1. The van der Waals surface area contributed by atoms with Crippen LogP contribution in [0.2, 0.25) is 0 Å². The third kappa shape index (κ3) is 6.11. The first-order valence-electron chi connectivity index (χ1n) is 7.75. The summed E-state index contributed by atoms with van der Waals surface area (Å²) in [6, 6.07) is 9.07. The molecule has 1 aromatic rings. The molecule has 0 aliphatic carbocycles. The zero-order valence-corrected chi connectivity index (χ0v) is 12.7. The standard InChI is InChI=1S/C17H29NO/c1-4-13-18-16(6-3)12-11-15-9-7-8-10-17(15)19-14-5-2/h7-10,16,18H,4-6,11-14H2,1-3H3. The van der Waals surface area contributed by atoms with Gasteiger partial charge >= 0.3 is 0 Å². The van der Waals surface area contributed by atoms with Gasteiger partial charge in [0, 0.05) is 6.04 Å². The second-order valence-electron chi connectivity index (χ2n) is 5.05. The Labute approximate surface area is 118 Å². The highest BCUT2D eigenvalue weighted by molar-refractivity contribution is 5.33. The summed E-state index contributed by atoms with van der Waals surface area (Å²) >= 11 is 0. The van der Waals surface area contributed by atoms with Crippen molar-refractivity contribution in [2.24, 2.45) is 0 Å². The molecule has 0 aliphatic heterocycles. The van der Waals surface area contributed by atoms with Crippen LogP contribution < -0.4 is 10.1 Å². The molecule has 0 spiro atoms. The van der Waals surface area contributed by atoms with Gasteiger partial charge < -0.3 is 10.1 Å². The minimum absolute atomic E-state index is 0.624. The van der Waals surface area contributed by atoms with E-state index >= 15 is 0 Å². The number of rotatable bonds is 10. The van der Waals surface area contributed by atoms with Crippen LogP contribution in [-0.4, -0.2) is 19.2 Å². The van der Waals surface area contributed by atoms with E-state index in [0.717, 1.165) is 31.7 Å². The number of benzene rings is 1. The molecule has 2 nitrogen and oxygen atoms in total. The molecular weight excluding hydrogens is 234 g/mol. The topological polar surface area (TPSA) is 21.3 Å². The molecule has 1 atom stereocenters. The van der Waals surface area contributed by atoms with Gasteiger partial charge in [-0.15, -0.1) is 0 Å². The monoisotopic (exact) mass is 263 g/mol. The molecule has 0 saturated heterocycles. The second kappa shape index (κ2) is 9.85. The van der Waals surface area contributed by atoms with Gasteiger partial charge in [-0.25, -0.2) is 0 Å². The maximum atomic E-state index is 5.81. The first-order valence-corrected chi connectivity index (χ1v) is 7.75. The van der Waals surface area contributed by atoms with Crippen molar-refractivity contribution in [1.82, 2.24) is 5.32 Å². The molecule has 1 N–H and O–H groups in total. The van der Waals surface area contributed by atoms with Crippen LogP contribution in [0.15, 0.2) is 24.3 Å². The molecule has 2 heteroatoms. The molecule has 1 rings (SSSR count). The van der Waals surface area contributed by atoms with Gasteiger partial charge in [0.05, 0.1) is 6.61 Å². The van der Waals surface area contributed by atoms with Crippen molar-refractivity contribution in [3.63, 3.8) is 0 Å². The number of hydrogen-bond donors (Lipinski definition) is 1. The Bertz CT molecular complexity index is 338. The smallest absolute Gasteiger partial charge is 0.122 e. The number of ether oxygens (including phenoxy) is 1. The van der Waals surface area contributed by atoms with Crippen molar-refractivity contribution in [2.45, 2.75) is 58.9 Å². The highest BCUT2D eigenvalue weighted by Gasteiger charge is 2.08. The third-order valence-corrected chi connectivity index (χ3v) is 3.37. The summed E-state index contributed by atoms with van der Waals surface area (Å²) in [6.07, 6.45) is 5.73. The predicted octanol–water partition coefficient (Wildman–Crippen LogP) is 4.19. The van der Waals surface area contributed by atoms with Crippen LogP contribution in [0, 0.1) is 0 Å². The van der Waals surface area contributed by atoms with Gasteiger partial charge in [-0.3, -0.25) is 0 Å². The molecule has 1 aromatic carbocycles. The number of hydrogen-bond acceptors (Lipinski definition) is 2. The summed E-state index contributed by atoms with van der Waals surface area (Å²) in [7, 11) is 0. The lowest BCUT2D eigenvalue weighted by molar-refractivity contribution is 0.313. The van der Waals surface area contributed by atoms with Crippen LogP contribution in [0.3, 0.4) is 0 Å². The number of para-hydroxylation sites is 1. The first-order chi connectivity index (χ1) is 9.31. The van der Waals surface area contributed by atoms with E-state index < -0.39 is 0 Å². The van der Waals surface area contributed by atoms with Gasteiger partial charge in [0.2, 0.25) is 0 Å². The molecule has 19 heavy (non-hydrogen) atoms. The summed E-state index contributed by atoms with van der Waals surface area (Å²) < 4.78 is 5.81. The molecule has 0 aromatic heterocycles. The van der Waals surface area contributed by atoms with Gasteiger partial charge in [-0.2, -0.15) is 0 Å². The normalized spacial score (nSPS) is 12.4. The van der Waals surface area contributed by atoms with Crippen molar-refractivity contribution in [1.29, 1.82) is 0 Å². The molecule has 0 radical (unpaired) electrons. The van der Waals surface area contributed by atoms with Crippen LogP contribution >= 0.6 is 0 Å². The highest BCUT2D eigenvalue weighted by Crippen LogP contribution is 2.20. The zero-order valence-electron chi connectivity index (χ0n) is 12.7. The van der Waals surface area contributed by atoms with Crippen LogP contribution in [0.25, 0.3) is 0 Å². The average molecular weight is 263 g/mol. The highest BCUT2D eigenvalue weighted by atomic mass is 16.5. The third-order valence-electron chi connectivity index (χ3n) is 3.37. The minimum atomic E-state index is 0.624. The Morgan fingerprint density at radius 3 is 2.58 bits per heavy atom. The van der Waals surface area contributed by atoms with E-state index in [-0.39, 0.29) is 0 Å². The largest absolute Gasteiger partial charge is 0.493 e. The second-order valence-corrected chi connectivity index (χ2v) is 5.05. The molecule has 0 fully saturated rings. The van der Waals surface area contributed by atoms with Crippen molar-refractivity contribution in [2.75, 3.05) is 13.2 Å². The van der Waals surface area contributed by atoms with E-state index in [1.807, 2.05) is 0 Å². The van der Waals surface area contributed by atoms with E-state index in [1.165, 1.54) is 24.8 Å². The Kier molecular flexibility index (Phi) is 8.31.